The fraction of sp³-hybridized carbons (Fsp3) is 0.129. The van der Waals surface area contributed by atoms with Gasteiger partial charge in [0.2, 0.25) is 0 Å². The number of esters is 1. The molecule has 0 unspecified atom stereocenters. The molecule has 2 aromatic heterocycles. The minimum absolute atomic E-state index is 0.291. The van der Waals surface area contributed by atoms with Crippen molar-refractivity contribution in [3.63, 3.8) is 0 Å². The van der Waals surface area contributed by atoms with E-state index in [2.05, 4.69) is 12.2 Å². The lowest BCUT2D eigenvalue weighted by atomic mass is 10.0. The van der Waals surface area contributed by atoms with Crippen LogP contribution in [0.25, 0.3) is 33.3 Å². The standard InChI is InChI=1S/C31H25ClN2O4S/c1-3-16-38-22-14-10-20(11-15-22)27-17-24(23-6-4-5-7-26(23)33-27)29(35)34-30-28(31(36)37-2)25(18-39-30)19-8-12-21(32)13-9-19/h4-15,17-18H,3,16H2,1-2H3,(H,34,35). The molecule has 0 aliphatic rings. The first kappa shape index (κ1) is 26.4. The lowest BCUT2D eigenvalue weighted by Gasteiger charge is -2.12. The van der Waals surface area contributed by atoms with Crippen LogP contribution in [0.3, 0.4) is 0 Å². The molecular formula is C31H25ClN2O4S. The van der Waals surface area contributed by atoms with E-state index in [0.717, 1.165) is 23.3 Å². The number of anilines is 1. The van der Waals surface area contributed by atoms with Gasteiger partial charge in [-0.1, -0.05) is 48.9 Å². The maximum atomic E-state index is 13.7. The van der Waals surface area contributed by atoms with Crippen LogP contribution < -0.4 is 10.1 Å². The van der Waals surface area contributed by atoms with E-state index in [1.165, 1.54) is 18.4 Å². The molecule has 1 amide bonds. The molecule has 8 heteroatoms. The average Bonchev–Trinajstić information content (AvgIpc) is 3.39. The Kier molecular flexibility index (Phi) is 7.91. The lowest BCUT2D eigenvalue weighted by molar-refractivity contribution is 0.0603. The fourth-order valence-corrected chi connectivity index (χ4v) is 5.30. The highest BCUT2D eigenvalue weighted by Crippen LogP contribution is 2.37. The maximum absolute atomic E-state index is 13.7. The highest BCUT2D eigenvalue weighted by molar-refractivity contribution is 7.15. The molecular weight excluding hydrogens is 532 g/mol. The van der Waals surface area contributed by atoms with Crippen LogP contribution in [0.5, 0.6) is 5.75 Å². The highest BCUT2D eigenvalue weighted by atomic mass is 35.5. The fourth-order valence-electron chi connectivity index (χ4n) is 4.22. The van der Waals surface area contributed by atoms with Crippen LogP contribution in [0.4, 0.5) is 5.00 Å². The second kappa shape index (κ2) is 11.7. The summed E-state index contributed by atoms with van der Waals surface area (Å²) in [6.07, 6.45) is 0.926. The molecule has 0 spiro atoms. The molecule has 196 valence electrons. The molecule has 0 atom stereocenters. The summed E-state index contributed by atoms with van der Waals surface area (Å²) in [6.45, 7) is 2.71. The summed E-state index contributed by atoms with van der Waals surface area (Å²) in [4.78, 5) is 31.3. The van der Waals surface area contributed by atoms with Gasteiger partial charge in [0.05, 0.1) is 30.5 Å². The van der Waals surface area contributed by atoms with Gasteiger partial charge in [0, 0.05) is 26.9 Å². The van der Waals surface area contributed by atoms with Crippen LogP contribution in [-0.4, -0.2) is 30.6 Å². The number of rotatable bonds is 8. The number of hydrogen-bond donors (Lipinski definition) is 1. The van der Waals surface area contributed by atoms with Crippen LogP contribution in [0.1, 0.15) is 34.1 Å². The quantitative estimate of drug-likeness (QED) is 0.195. The van der Waals surface area contributed by atoms with Gasteiger partial charge in [0.1, 0.15) is 16.3 Å². The number of para-hydroxylation sites is 1. The van der Waals surface area contributed by atoms with Gasteiger partial charge in [-0.3, -0.25) is 4.79 Å². The Morgan fingerprint density at radius 2 is 1.69 bits per heavy atom. The van der Waals surface area contributed by atoms with Crippen molar-refractivity contribution in [2.45, 2.75) is 13.3 Å². The molecule has 0 fully saturated rings. The number of hydrogen-bond acceptors (Lipinski definition) is 6. The van der Waals surface area contributed by atoms with Crippen molar-refractivity contribution in [1.82, 2.24) is 4.98 Å². The summed E-state index contributed by atoms with van der Waals surface area (Å²) in [5, 5.41) is 6.47. The molecule has 0 saturated heterocycles. The summed E-state index contributed by atoms with van der Waals surface area (Å²) in [7, 11) is 1.32. The van der Waals surface area contributed by atoms with Gasteiger partial charge < -0.3 is 14.8 Å². The van der Waals surface area contributed by atoms with E-state index >= 15 is 0 Å². The summed E-state index contributed by atoms with van der Waals surface area (Å²) >= 11 is 7.31. The molecule has 0 aliphatic heterocycles. The Hall–Kier alpha value is -4.20. The first-order chi connectivity index (χ1) is 19.0. The third-order valence-corrected chi connectivity index (χ3v) is 7.29. The normalized spacial score (nSPS) is 10.8. The molecule has 0 saturated carbocycles. The minimum Gasteiger partial charge on any atom is -0.494 e. The van der Waals surface area contributed by atoms with Crippen molar-refractivity contribution in [2.75, 3.05) is 19.0 Å². The number of benzene rings is 3. The molecule has 0 bridgehead atoms. The maximum Gasteiger partial charge on any atom is 0.341 e. The zero-order valence-corrected chi connectivity index (χ0v) is 22.9. The second-order valence-corrected chi connectivity index (χ2v) is 10.1. The van der Waals surface area contributed by atoms with Crippen molar-refractivity contribution in [3.8, 4) is 28.1 Å². The van der Waals surface area contributed by atoms with Gasteiger partial charge in [-0.25, -0.2) is 9.78 Å². The first-order valence-electron chi connectivity index (χ1n) is 12.4. The van der Waals surface area contributed by atoms with E-state index in [1.807, 2.05) is 66.0 Å². The van der Waals surface area contributed by atoms with Crippen LogP contribution >= 0.6 is 22.9 Å². The first-order valence-corrected chi connectivity index (χ1v) is 13.6. The number of nitrogens with zero attached hydrogens (tertiary/aromatic N) is 1. The number of amides is 1. The predicted molar refractivity (Wildman–Crippen MR) is 157 cm³/mol. The van der Waals surface area contributed by atoms with Crippen molar-refractivity contribution < 1.29 is 19.1 Å². The van der Waals surface area contributed by atoms with E-state index in [1.54, 1.807) is 18.2 Å². The number of thiophene rings is 1. The Bertz CT molecular complexity index is 1650. The highest BCUT2D eigenvalue weighted by Gasteiger charge is 2.24. The molecule has 5 rings (SSSR count). The SMILES string of the molecule is CCCOc1ccc(-c2cc(C(=O)Nc3scc(-c4ccc(Cl)cc4)c3C(=O)OC)c3ccccc3n2)cc1. The van der Waals surface area contributed by atoms with Crippen molar-refractivity contribution in [3.05, 3.63) is 100 Å². The molecule has 2 heterocycles. The van der Waals surface area contributed by atoms with Crippen LogP contribution in [-0.2, 0) is 4.74 Å². The minimum atomic E-state index is -0.540. The zero-order valence-electron chi connectivity index (χ0n) is 21.4. The van der Waals surface area contributed by atoms with E-state index in [0.29, 0.717) is 49.9 Å². The van der Waals surface area contributed by atoms with Gasteiger partial charge in [0.25, 0.3) is 5.91 Å². The average molecular weight is 557 g/mol. The number of carbonyl (C=O) groups is 2. The van der Waals surface area contributed by atoms with E-state index in [-0.39, 0.29) is 5.91 Å². The molecule has 0 radical (unpaired) electrons. The number of methoxy groups -OCH3 is 1. The molecule has 6 nitrogen and oxygen atoms in total. The number of carbonyl (C=O) groups excluding carboxylic acids is 2. The molecule has 3 aromatic carbocycles. The molecule has 1 N–H and O–H groups in total. The predicted octanol–water partition coefficient (Wildman–Crippen LogP) is 8.11. The number of ether oxygens (including phenoxy) is 2. The van der Waals surface area contributed by atoms with E-state index in [4.69, 9.17) is 26.1 Å². The van der Waals surface area contributed by atoms with E-state index in [9.17, 15) is 9.59 Å². The Labute approximate surface area is 235 Å². The van der Waals surface area contributed by atoms with Crippen molar-refractivity contribution in [1.29, 1.82) is 0 Å². The van der Waals surface area contributed by atoms with Gasteiger partial charge >= 0.3 is 5.97 Å². The summed E-state index contributed by atoms with van der Waals surface area (Å²) in [6, 6.07) is 24.0. The smallest absolute Gasteiger partial charge is 0.341 e. The van der Waals surface area contributed by atoms with Crippen molar-refractivity contribution >= 4 is 50.7 Å². The number of halogens is 1. The largest absolute Gasteiger partial charge is 0.494 e. The number of aromatic nitrogens is 1. The topological polar surface area (TPSA) is 77.5 Å². The Balaban J connectivity index is 1.52. The molecule has 0 aliphatic carbocycles. The van der Waals surface area contributed by atoms with Gasteiger partial charge in [-0.15, -0.1) is 11.3 Å². The summed E-state index contributed by atoms with van der Waals surface area (Å²) in [5.74, 6) is -0.113. The zero-order chi connectivity index (χ0) is 27.4. The monoisotopic (exact) mass is 556 g/mol. The summed E-state index contributed by atoms with van der Waals surface area (Å²) < 4.78 is 10.8. The lowest BCUT2D eigenvalue weighted by Crippen LogP contribution is -2.15. The van der Waals surface area contributed by atoms with Gasteiger partial charge in [-0.05, 0) is 60.5 Å². The van der Waals surface area contributed by atoms with Gasteiger partial charge in [0.15, 0.2) is 0 Å². The van der Waals surface area contributed by atoms with Crippen molar-refractivity contribution in [2.24, 2.45) is 0 Å². The van der Waals surface area contributed by atoms with Crippen LogP contribution in [0.15, 0.2) is 84.2 Å². The second-order valence-electron chi connectivity index (χ2n) is 8.75. The third kappa shape index (κ3) is 5.65. The van der Waals surface area contributed by atoms with Crippen LogP contribution in [0.2, 0.25) is 5.02 Å². The van der Waals surface area contributed by atoms with Gasteiger partial charge in [-0.2, -0.15) is 0 Å². The third-order valence-electron chi connectivity index (χ3n) is 6.15. The van der Waals surface area contributed by atoms with Crippen LogP contribution in [0, 0.1) is 0 Å². The number of nitrogens with one attached hydrogen (secondary N) is 1. The van der Waals surface area contributed by atoms with E-state index < -0.39 is 5.97 Å². The Morgan fingerprint density at radius 1 is 0.974 bits per heavy atom. The summed E-state index contributed by atoms with van der Waals surface area (Å²) in [5.41, 5.74) is 4.38. The molecule has 5 aromatic rings. The number of fused-ring (bicyclic) bond motifs is 1. The number of pyridine rings is 1. The molecule has 39 heavy (non-hydrogen) atoms. The Morgan fingerprint density at radius 3 is 2.41 bits per heavy atom.